The molecule has 9 nitrogen and oxygen atoms in total. The molecule has 1 saturated heterocycles. The molecule has 3 amide bonds. The molecule has 0 spiro atoms. The van der Waals surface area contributed by atoms with Gasteiger partial charge >= 0.3 is 0 Å². The topological polar surface area (TPSA) is 121 Å². The molecule has 10 heteroatoms. The molecule has 0 unspecified atom stereocenters. The average molecular weight is 517 g/mol. The van der Waals surface area contributed by atoms with Crippen LogP contribution >= 0.6 is 11.3 Å². The number of hydrogen-bond acceptors (Lipinski definition) is 7. The van der Waals surface area contributed by atoms with Gasteiger partial charge in [-0.05, 0) is 30.4 Å². The van der Waals surface area contributed by atoms with E-state index in [1.54, 1.807) is 18.3 Å². The minimum absolute atomic E-state index is 0.0354. The summed E-state index contributed by atoms with van der Waals surface area (Å²) in [7, 11) is 0. The van der Waals surface area contributed by atoms with Gasteiger partial charge in [0.1, 0.15) is 18.7 Å². The second-order valence-electron chi connectivity index (χ2n) is 10.1. The number of amides is 3. The number of carbonyl (C=O) groups is 3. The Balaban J connectivity index is 1.66. The van der Waals surface area contributed by atoms with Crippen molar-refractivity contribution < 1.29 is 24.2 Å². The van der Waals surface area contributed by atoms with Crippen LogP contribution in [0.1, 0.15) is 45.4 Å². The molecule has 1 aliphatic heterocycles. The van der Waals surface area contributed by atoms with E-state index in [4.69, 9.17) is 4.74 Å². The summed E-state index contributed by atoms with van der Waals surface area (Å²) in [4.78, 5) is 45.6. The van der Waals surface area contributed by atoms with E-state index in [-0.39, 0.29) is 25.5 Å². The number of ether oxygens (including phenoxy) is 1. The van der Waals surface area contributed by atoms with Crippen molar-refractivity contribution in [2.24, 2.45) is 5.41 Å². The van der Waals surface area contributed by atoms with Crippen molar-refractivity contribution in [1.29, 1.82) is 0 Å². The molecular weight excluding hydrogens is 480 g/mol. The number of β-amino-alcohol motifs (C(OH)–C–C–N with tert-alkyl or cyclic N) is 1. The third-order valence-electron chi connectivity index (χ3n) is 6.15. The Morgan fingerprint density at radius 2 is 1.94 bits per heavy atom. The predicted molar refractivity (Wildman–Crippen MR) is 138 cm³/mol. The van der Waals surface area contributed by atoms with Crippen LogP contribution in [0.2, 0.25) is 0 Å². The van der Waals surface area contributed by atoms with Crippen LogP contribution in [0.15, 0.2) is 29.8 Å². The summed E-state index contributed by atoms with van der Waals surface area (Å²) >= 11 is 1.58. The maximum Gasteiger partial charge on any atom is 0.246 e. The van der Waals surface area contributed by atoms with Gasteiger partial charge in [-0.2, -0.15) is 0 Å². The van der Waals surface area contributed by atoms with Gasteiger partial charge in [0.2, 0.25) is 17.7 Å². The Kier molecular flexibility index (Phi) is 9.21. The van der Waals surface area contributed by atoms with Crippen molar-refractivity contribution >= 4 is 29.1 Å². The molecule has 3 atom stereocenters. The summed E-state index contributed by atoms with van der Waals surface area (Å²) in [6.07, 6.45) is -0.670. The molecule has 1 aromatic carbocycles. The number of hydrogen-bond donors (Lipinski definition) is 3. The second-order valence-corrected chi connectivity index (χ2v) is 10.9. The first-order chi connectivity index (χ1) is 17.0. The quantitative estimate of drug-likeness (QED) is 0.470. The number of rotatable bonds is 9. The van der Waals surface area contributed by atoms with Crippen LogP contribution in [0, 0.1) is 12.3 Å². The molecule has 36 heavy (non-hydrogen) atoms. The maximum atomic E-state index is 13.5. The van der Waals surface area contributed by atoms with E-state index in [1.165, 1.54) is 4.90 Å². The number of likely N-dealkylation sites (tertiary alicyclic amines) is 1. The fraction of sp³-hybridized carbons (Fsp3) is 0.538. The van der Waals surface area contributed by atoms with Gasteiger partial charge in [-0.25, -0.2) is 4.98 Å². The van der Waals surface area contributed by atoms with Gasteiger partial charge in [-0.3, -0.25) is 14.4 Å². The molecule has 1 fully saturated rings. The molecule has 3 N–H and O–H groups in total. The average Bonchev–Trinajstić information content (AvgIpc) is 3.44. The van der Waals surface area contributed by atoms with E-state index >= 15 is 0 Å². The Hall–Kier alpha value is -2.82. The molecule has 196 valence electrons. The standard InChI is InChI=1S/C26H36N4O5S/c1-6-35-14-21(32)29-23(26(3,4)5)25(34)30-13-19(31)11-20(30)24(33)27-12-17-7-9-18(10-8-17)22-16(2)28-15-36-22/h7-10,15,19-20,23,31H,6,11-14H2,1-5H3,(H,27,33)(H,29,32)/t19-,20-,23+/m0/s1. The Bertz CT molecular complexity index is 1060. The molecular formula is C26H36N4O5S. The first-order valence-electron chi connectivity index (χ1n) is 12.1. The lowest BCUT2D eigenvalue weighted by Gasteiger charge is -2.35. The molecule has 2 heterocycles. The number of aliphatic hydroxyl groups excluding tert-OH is 1. The van der Waals surface area contributed by atoms with Gasteiger partial charge in [-0.15, -0.1) is 11.3 Å². The van der Waals surface area contributed by atoms with Crippen molar-refractivity contribution in [2.45, 2.75) is 65.8 Å². The summed E-state index contributed by atoms with van der Waals surface area (Å²) in [5, 5.41) is 15.9. The van der Waals surface area contributed by atoms with Gasteiger partial charge in [0.05, 0.1) is 22.2 Å². The second kappa shape index (κ2) is 11.9. The number of aliphatic hydroxyl groups is 1. The molecule has 0 aliphatic carbocycles. The fourth-order valence-corrected chi connectivity index (χ4v) is 4.99. The zero-order valence-electron chi connectivity index (χ0n) is 21.5. The molecule has 0 saturated carbocycles. The maximum absolute atomic E-state index is 13.5. The van der Waals surface area contributed by atoms with Crippen molar-refractivity contribution in [3.8, 4) is 10.4 Å². The summed E-state index contributed by atoms with van der Waals surface area (Å²) < 4.78 is 5.15. The SMILES string of the molecule is CCOCC(=O)N[C@H](C(=O)N1C[C@@H](O)C[C@H]1C(=O)NCc1ccc(-c2scnc2C)cc1)C(C)(C)C. The minimum Gasteiger partial charge on any atom is -0.391 e. The Morgan fingerprint density at radius 1 is 1.25 bits per heavy atom. The van der Waals surface area contributed by atoms with Crippen LogP contribution in [0.25, 0.3) is 10.4 Å². The van der Waals surface area contributed by atoms with Crippen molar-refractivity contribution in [3.05, 3.63) is 41.0 Å². The summed E-state index contributed by atoms with van der Waals surface area (Å²) in [5.74, 6) is -1.13. The van der Waals surface area contributed by atoms with Crippen LogP contribution < -0.4 is 10.6 Å². The highest BCUT2D eigenvalue weighted by molar-refractivity contribution is 7.13. The molecule has 0 bridgehead atoms. The molecule has 2 aromatic rings. The number of aryl methyl sites for hydroxylation is 1. The van der Waals surface area contributed by atoms with E-state index in [1.807, 2.05) is 57.5 Å². The molecule has 1 aliphatic rings. The van der Waals surface area contributed by atoms with Crippen molar-refractivity contribution in [3.63, 3.8) is 0 Å². The molecule has 3 rings (SSSR count). The minimum atomic E-state index is -0.867. The lowest BCUT2D eigenvalue weighted by Crippen LogP contribution is -2.58. The fourth-order valence-electron chi connectivity index (χ4n) is 4.18. The van der Waals surface area contributed by atoms with E-state index < -0.39 is 35.4 Å². The van der Waals surface area contributed by atoms with Gasteiger partial charge in [0, 0.05) is 26.1 Å². The van der Waals surface area contributed by atoms with Crippen molar-refractivity contribution in [1.82, 2.24) is 20.5 Å². The third kappa shape index (κ3) is 6.89. The highest BCUT2D eigenvalue weighted by Crippen LogP contribution is 2.28. The number of nitrogens with one attached hydrogen (secondary N) is 2. The summed E-state index contributed by atoms with van der Waals surface area (Å²) in [6.45, 7) is 9.85. The normalized spacial score (nSPS) is 18.7. The Morgan fingerprint density at radius 3 is 2.53 bits per heavy atom. The lowest BCUT2D eigenvalue weighted by atomic mass is 9.85. The zero-order valence-corrected chi connectivity index (χ0v) is 22.4. The monoisotopic (exact) mass is 516 g/mol. The Labute approximate surface area is 216 Å². The number of nitrogens with zero attached hydrogens (tertiary/aromatic N) is 2. The van der Waals surface area contributed by atoms with Crippen LogP contribution in [-0.4, -0.2) is 70.7 Å². The highest BCUT2D eigenvalue weighted by atomic mass is 32.1. The van der Waals surface area contributed by atoms with Gasteiger partial charge < -0.3 is 25.4 Å². The largest absolute Gasteiger partial charge is 0.391 e. The smallest absolute Gasteiger partial charge is 0.246 e. The van der Waals surface area contributed by atoms with E-state index in [0.29, 0.717) is 13.2 Å². The first-order valence-corrected chi connectivity index (χ1v) is 13.0. The van der Waals surface area contributed by atoms with Gasteiger partial charge in [0.15, 0.2) is 0 Å². The first kappa shape index (κ1) is 27.8. The van der Waals surface area contributed by atoms with Crippen molar-refractivity contribution in [2.75, 3.05) is 19.8 Å². The number of thiazole rings is 1. The van der Waals surface area contributed by atoms with Gasteiger partial charge in [0.25, 0.3) is 0 Å². The lowest BCUT2D eigenvalue weighted by molar-refractivity contribution is -0.144. The van der Waals surface area contributed by atoms with Crippen LogP contribution in [0.3, 0.4) is 0 Å². The zero-order chi connectivity index (χ0) is 26.5. The highest BCUT2D eigenvalue weighted by Gasteiger charge is 2.44. The summed E-state index contributed by atoms with van der Waals surface area (Å²) in [5.41, 5.74) is 4.18. The molecule has 0 radical (unpaired) electrons. The van der Waals surface area contributed by atoms with E-state index in [9.17, 15) is 19.5 Å². The number of aromatic nitrogens is 1. The van der Waals surface area contributed by atoms with Gasteiger partial charge in [-0.1, -0.05) is 45.0 Å². The van der Waals surface area contributed by atoms with E-state index in [2.05, 4.69) is 15.6 Å². The third-order valence-corrected chi connectivity index (χ3v) is 7.13. The number of carbonyl (C=O) groups excluding carboxylic acids is 3. The summed E-state index contributed by atoms with van der Waals surface area (Å²) in [6, 6.07) is 6.20. The van der Waals surface area contributed by atoms with Crippen LogP contribution in [0.4, 0.5) is 0 Å². The predicted octanol–water partition coefficient (Wildman–Crippen LogP) is 2.26. The van der Waals surface area contributed by atoms with Crippen LogP contribution in [0.5, 0.6) is 0 Å². The van der Waals surface area contributed by atoms with E-state index in [0.717, 1.165) is 21.7 Å². The molecule has 1 aromatic heterocycles. The van der Waals surface area contributed by atoms with Crippen LogP contribution in [-0.2, 0) is 25.7 Å². The number of benzene rings is 1.